The zero-order chi connectivity index (χ0) is 54.3. The Morgan fingerprint density at radius 3 is 0.947 bits per heavy atom. The summed E-state index contributed by atoms with van der Waals surface area (Å²) in [5.41, 5.74) is 0. The Morgan fingerprint density at radius 1 is 0.360 bits per heavy atom. The van der Waals surface area contributed by atoms with Gasteiger partial charge in [0.1, 0.15) is 0 Å². The van der Waals surface area contributed by atoms with Gasteiger partial charge in [-0.25, -0.2) is 0 Å². The molecule has 0 spiro atoms. The maximum absolute atomic E-state index is 12.5. The summed E-state index contributed by atoms with van der Waals surface area (Å²) in [4.78, 5) is 24.6. The molecular weight excluding hydrogens is 923 g/mol. The van der Waals surface area contributed by atoms with Gasteiger partial charge in [0, 0.05) is 12.8 Å². The van der Waals surface area contributed by atoms with Crippen molar-refractivity contribution in [1.29, 1.82) is 0 Å². The van der Waals surface area contributed by atoms with Crippen molar-refractivity contribution in [3.63, 3.8) is 0 Å². The second kappa shape index (κ2) is 65.1. The lowest BCUT2D eigenvalue weighted by atomic mass is 10.0. The van der Waals surface area contributed by atoms with Gasteiger partial charge in [0.05, 0.1) is 25.4 Å². The van der Waals surface area contributed by atoms with E-state index in [4.69, 9.17) is 4.74 Å². The van der Waals surface area contributed by atoms with Crippen molar-refractivity contribution < 1.29 is 24.5 Å². The molecule has 3 N–H and O–H groups in total. The van der Waals surface area contributed by atoms with Crippen LogP contribution in [0.2, 0.25) is 0 Å². The Balaban J connectivity index is 3.36. The number of rotatable bonds is 65. The van der Waals surface area contributed by atoms with Crippen LogP contribution in [0.25, 0.3) is 0 Å². The Bertz CT molecular complexity index is 1130. The highest BCUT2D eigenvalue weighted by molar-refractivity contribution is 5.76. The number of unbranched alkanes of at least 4 members (excludes halogenated alkanes) is 52. The molecule has 0 fully saturated rings. The molecule has 0 aromatic carbocycles. The molecule has 0 radical (unpaired) electrons. The third-order valence-electron chi connectivity index (χ3n) is 16.3. The second-order valence-electron chi connectivity index (χ2n) is 23.9. The summed E-state index contributed by atoms with van der Waals surface area (Å²) in [7, 11) is 0. The summed E-state index contributed by atoms with van der Waals surface area (Å²) in [5, 5.41) is 23.4. The summed E-state index contributed by atoms with van der Waals surface area (Å²) < 4.78 is 5.50. The second-order valence-corrected chi connectivity index (χ2v) is 23.9. The molecule has 0 aromatic rings. The van der Waals surface area contributed by atoms with Gasteiger partial charge >= 0.3 is 5.97 Å². The molecule has 0 saturated heterocycles. The first-order chi connectivity index (χ1) is 37.0. The lowest BCUT2D eigenvalue weighted by Crippen LogP contribution is -2.45. The maximum Gasteiger partial charge on any atom is 0.305 e. The van der Waals surface area contributed by atoms with Crippen molar-refractivity contribution in [3.8, 4) is 0 Å². The van der Waals surface area contributed by atoms with E-state index in [0.29, 0.717) is 25.9 Å². The van der Waals surface area contributed by atoms with Crippen LogP contribution in [0, 0.1) is 0 Å². The first kappa shape index (κ1) is 73.6. The van der Waals surface area contributed by atoms with Gasteiger partial charge in [-0.3, -0.25) is 9.59 Å². The van der Waals surface area contributed by atoms with Crippen LogP contribution in [0.1, 0.15) is 393 Å². The third kappa shape index (κ3) is 61.7. The summed E-state index contributed by atoms with van der Waals surface area (Å²) in [6.45, 7) is 4.99. The number of carbonyl (C=O) groups excluding carboxylic acids is 2. The summed E-state index contributed by atoms with van der Waals surface area (Å²) in [5.74, 6) is -0.0182. The minimum atomic E-state index is -0.664. The quantitative estimate of drug-likeness (QED) is 0.0320. The first-order valence-electron chi connectivity index (χ1n) is 34.4. The molecule has 0 heterocycles. The molecule has 1 amide bonds. The highest BCUT2D eigenvalue weighted by Crippen LogP contribution is 2.19. The molecule has 446 valence electrons. The Kier molecular flexibility index (Phi) is 63.9. The van der Waals surface area contributed by atoms with E-state index in [1.165, 1.54) is 315 Å². The molecule has 0 rings (SSSR count). The predicted octanol–water partition coefficient (Wildman–Crippen LogP) is 22.0. The van der Waals surface area contributed by atoms with Crippen LogP contribution in [0.15, 0.2) is 12.2 Å². The largest absolute Gasteiger partial charge is 0.466 e. The van der Waals surface area contributed by atoms with E-state index < -0.39 is 12.1 Å². The summed E-state index contributed by atoms with van der Waals surface area (Å²) in [6.07, 6.45) is 79.6. The normalized spacial score (nSPS) is 12.5. The minimum Gasteiger partial charge on any atom is -0.466 e. The molecule has 6 heteroatoms. The SMILES string of the molecule is CCCCCCCC/C=C\CCCCCCCCCC(=O)OCCCCCCCCCCCCCCCCCCCCCCCCCC(=O)NC(CO)C(O)CCCCCCCCCCCCCCCCCCCC. The first-order valence-corrected chi connectivity index (χ1v) is 34.4. The summed E-state index contributed by atoms with van der Waals surface area (Å²) >= 11 is 0. The number of carbonyl (C=O) groups is 2. The lowest BCUT2D eigenvalue weighted by molar-refractivity contribution is -0.143. The zero-order valence-electron chi connectivity index (χ0n) is 51.1. The van der Waals surface area contributed by atoms with Gasteiger partial charge in [-0.2, -0.15) is 0 Å². The lowest BCUT2D eigenvalue weighted by Gasteiger charge is -2.22. The topological polar surface area (TPSA) is 95.9 Å². The molecule has 0 bridgehead atoms. The van der Waals surface area contributed by atoms with E-state index in [9.17, 15) is 19.8 Å². The van der Waals surface area contributed by atoms with Gasteiger partial charge in [0.25, 0.3) is 0 Å². The van der Waals surface area contributed by atoms with Crippen LogP contribution in [-0.4, -0.2) is 47.4 Å². The number of ether oxygens (including phenoxy) is 1. The fourth-order valence-electron chi connectivity index (χ4n) is 11.1. The average molecular weight is 1060 g/mol. The number of hydrogen-bond acceptors (Lipinski definition) is 5. The molecule has 2 unspecified atom stereocenters. The van der Waals surface area contributed by atoms with Crippen molar-refractivity contribution >= 4 is 11.9 Å². The summed E-state index contributed by atoms with van der Waals surface area (Å²) in [6, 6.07) is -0.541. The Labute approximate surface area is 469 Å². The van der Waals surface area contributed by atoms with Gasteiger partial charge < -0.3 is 20.3 Å². The van der Waals surface area contributed by atoms with Gasteiger partial charge in [0.2, 0.25) is 5.91 Å². The number of hydrogen-bond donors (Lipinski definition) is 3. The number of aliphatic hydroxyl groups is 2. The minimum absolute atomic E-state index is 0.0122. The van der Waals surface area contributed by atoms with Crippen molar-refractivity contribution in [1.82, 2.24) is 5.32 Å². The number of nitrogens with one attached hydrogen (secondary N) is 1. The van der Waals surface area contributed by atoms with E-state index in [1.54, 1.807) is 0 Å². The molecule has 2 atom stereocenters. The van der Waals surface area contributed by atoms with Crippen LogP contribution < -0.4 is 5.32 Å². The third-order valence-corrected chi connectivity index (χ3v) is 16.3. The fraction of sp³-hybridized carbons (Fsp3) is 0.942. The van der Waals surface area contributed by atoms with Gasteiger partial charge in [-0.15, -0.1) is 0 Å². The predicted molar refractivity (Wildman–Crippen MR) is 329 cm³/mol. The number of amides is 1. The van der Waals surface area contributed by atoms with Crippen LogP contribution in [-0.2, 0) is 14.3 Å². The van der Waals surface area contributed by atoms with E-state index in [0.717, 1.165) is 44.9 Å². The number of esters is 1. The van der Waals surface area contributed by atoms with E-state index in [2.05, 4.69) is 31.3 Å². The fourth-order valence-corrected chi connectivity index (χ4v) is 11.1. The van der Waals surface area contributed by atoms with Gasteiger partial charge in [-0.1, -0.05) is 341 Å². The standard InChI is InChI=1S/C69H135NO5/c1-3-5-7-9-11-13-15-17-19-21-30-33-37-41-45-49-53-57-61-67(72)66(65-71)70-68(73)62-58-54-50-46-42-38-34-31-27-25-23-22-24-26-28-32-36-40-44-48-52-56-60-64-75-69(74)63-59-55-51-47-43-39-35-29-20-18-16-14-12-10-8-6-4-2/h18,20,66-67,71-72H,3-17,19,21-65H2,1-2H3,(H,70,73)/b20-18-. The van der Waals surface area contributed by atoms with Crippen LogP contribution in [0.5, 0.6) is 0 Å². The van der Waals surface area contributed by atoms with Crippen LogP contribution >= 0.6 is 0 Å². The molecule has 0 aromatic heterocycles. The van der Waals surface area contributed by atoms with Crippen LogP contribution in [0.3, 0.4) is 0 Å². The molecule has 0 aliphatic rings. The van der Waals surface area contributed by atoms with Gasteiger partial charge in [-0.05, 0) is 51.4 Å². The average Bonchev–Trinajstić information content (AvgIpc) is 3.41. The highest BCUT2D eigenvalue weighted by Gasteiger charge is 2.20. The molecule has 0 aliphatic carbocycles. The van der Waals surface area contributed by atoms with Gasteiger partial charge in [0.15, 0.2) is 0 Å². The van der Waals surface area contributed by atoms with Crippen molar-refractivity contribution in [3.05, 3.63) is 12.2 Å². The number of allylic oxidation sites excluding steroid dienone is 2. The molecular formula is C69H135NO5. The molecule has 75 heavy (non-hydrogen) atoms. The molecule has 6 nitrogen and oxygen atoms in total. The number of aliphatic hydroxyl groups excluding tert-OH is 2. The van der Waals surface area contributed by atoms with E-state index in [1.807, 2.05) is 0 Å². The molecule has 0 aliphatic heterocycles. The van der Waals surface area contributed by atoms with Crippen molar-refractivity contribution in [2.24, 2.45) is 0 Å². The smallest absolute Gasteiger partial charge is 0.305 e. The zero-order valence-corrected chi connectivity index (χ0v) is 51.1. The highest BCUT2D eigenvalue weighted by atomic mass is 16.5. The Hall–Kier alpha value is -1.40. The van der Waals surface area contributed by atoms with Crippen molar-refractivity contribution in [2.75, 3.05) is 13.2 Å². The maximum atomic E-state index is 12.5. The molecule has 0 saturated carbocycles. The Morgan fingerprint density at radius 2 is 0.627 bits per heavy atom. The van der Waals surface area contributed by atoms with E-state index in [-0.39, 0.29) is 18.5 Å². The monoisotopic (exact) mass is 1060 g/mol. The van der Waals surface area contributed by atoms with Crippen LogP contribution in [0.4, 0.5) is 0 Å². The van der Waals surface area contributed by atoms with Crippen molar-refractivity contribution in [2.45, 2.75) is 405 Å². The van der Waals surface area contributed by atoms with E-state index >= 15 is 0 Å².